The van der Waals surface area contributed by atoms with Crippen molar-refractivity contribution >= 4 is 11.6 Å². The van der Waals surface area contributed by atoms with Crippen LogP contribution in [0.3, 0.4) is 0 Å². The molecule has 0 saturated carbocycles. The van der Waals surface area contributed by atoms with Gasteiger partial charge < -0.3 is 15.5 Å². The molecule has 1 aliphatic heterocycles. The minimum absolute atomic E-state index is 0.0525. The normalized spacial score (nSPS) is 14.5. The molecule has 1 amide bonds. The topological polar surface area (TPSA) is 49.6 Å². The molecule has 4 heteroatoms. The summed E-state index contributed by atoms with van der Waals surface area (Å²) in [6, 6.07) is 7.61. The molecule has 1 heterocycles. The largest absolute Gasteiger partial charge is 0.329 e. The predicted molar refractivity (Wildman–Crippen MR) is 73.1 cm³/mol. The molecule has 18 heavy (non-hydrogen) atoms. The van der Waals surface area contributed by atoms with Gasteiger partial charge in [0.2, 0.25) is 0 Å². The second kappa shape index (κ2) is 5.33. The average Bonchev–Trinajstić information content (AvgIpc) is 2.61. The fraction of sp³-hybridized carbons (Fsp3) is 0.357. The lowest BCUT2D eigenvalue weighted by Gasteiger charge is -2.22. The lowest BCUT2D eigenvalue weighted by molar-refractivity contribution is 0.0841. The van der Waals surface area contributed by atoms with Crippen LogP contribution in [-0.2, 0) is 0 Å². The lowest BCUT2D eigenvalue weighted by atomic mass is 10.1. The van der Waals surface area contributed by atoms with E-state index in [1.807, 2.05) is 31.3 Å². The molecular formula is C14H19N3O. The molecule has 1 aliphatic rings. The molecule has 1 aromatic rings. The van der Waals surface area contributed by atoms with E-state index in [2.05, 4.69) is 11.5 Å². The van der Waals surface area contributed by atoms with Crippen molar-refractivity contribution in [2.24, 2.45) is 5.73 Å². The van der Waals surface area contributed by atoms with Crippen LogP contribution in [0.25, 0.3) is 5.70 Å². The molecule has 2 rings (SSSR count). The number of carbonyl (C=O) groups excluding carboxylic acids is 1. The van der Waals surface area contributed by atoms with Gasteiger partial charge >= 0.3 is 0 Å². The molecular weight excluding hydrogens is 226 g/mol. The number of hydrogen-bond acceptors (Lipinski definition) is 3. The molecule has 1 aromatic carbocycles. The van der Waals surface area contributed by atoms with Crippen LogP contribution in [-0.4, -0.2) is 48.9 Å². The van der Waals surface area contributed by atoms with Crippen molar-refractivity contribution < 1.29 is 4.79 Å². The summed E-state index contributed by atoms with van der Waals surface area (Å²) < 4.78 is 0. The molecule has 0 saturated heterocycles. The summed E-state index contributed by atoms with van der Waals surface area (Å²) in [5, 5.41) is 0. The van der Waals surface area contributed by atoms with Gasteiger partial charge in [0, 0.05) is 43.0 Å². The quantitative estimate of drug-likeness (QED) is 0.842. The van der Waals surface area contributed by atoms with E-state index in [0.29, 0.717) is 13.1 Å². The number of nitrogens with zero attached hydrogens (tertiary/aromatic N) is 2. The number of nitrogens with two attached hydrogens (primary N) is 1. The van der Waals surface area contributed by atoms with E-state index in [1.165, 1.54) is 0 Å². The van der Waals surface area contributed by atoms with E-state index >= 15 is 0 Å². The van der Waals surface area contributed by atoms with E-state index in [0.717, 1.165) is 29.9 Å². The van der Waals surface area contributed by atoms with Crippen LogP contribution in [0.1, 0.15) is 15.9 Å². The van der Waals surface area contributed by atoms with E-state index < -0.39 is 0 Å². The van der Waals surface area contributed by atoms with Crippen molar-refractivity contribution in [3.05, 3.63) is 42.0 Å². The maximum atomic E-state index is 12.2. The van der Waals surface area contributed by atoms with Gasteiger partial charge in [0.15, 0.2) is 0 Å². The summed E-state index contributed by atoms with van der Waals surface area (Å²) in [5.74, 6) is 0.0525. The average molecular weight is 245 g/mol. The maximum Gasteiger partial charge on any atom is 0.258 e. The molecule has 96 valence electrons. The fourth-order valence-corrected chi connectivity index (χ4v) is 2.17. The SMILES string of the molecule is C=C1c2ccccc2C(=O)N1CCN(C)CCN. The minimum Gasteiger partial charge on any atom is -0.329 e. The first-order chi connectivity index (χ1) is 8.65. The van der Waals surface area contributed by atoms with Gasteiger partial charge in [0.1, 0.15) is 0 Å². The number of carbonyl (C=O) groups is 1. The number of hydrogen-bond donors (Lipinski definition) is 1. The first-order valence-electron chi connectivity index (χ1n) is 6.14. The van der Waals surface area contributed by atoms with Gasteiger partial charge in [0.25, 0.3) is 5.91 Å². The Hall–Kier alpha value is -1.65. The van der Waals surface area contributed by atoms with E-state index in [4.69, 9.17) is 5.73 Å². The molecule has 0 aliphatic carbocycles. The summed E-state index contributed by atoms with van der Waals surface area (Å²) in [4.78, 5) is 16.1. The Bertz CT molecular complexity index is 435. The highest BCUT2D eigenvalue weighted by Crippen LogP contribution is 2.30. The number of fused-ring (bicyclic) bond motifs is 1. The third kappa shape index (κ3) is 2.30. The first-order valence-corrected chi connectivity index (χ1v) is 6.14. The third-order valence-electron chi connectivity index (χ3n) is 3.26. The van der Waals surface area contributed by atoms with Gasteiger partial charge in [-0.1, -0.05) is 24.8 Å². The van der Waals surface area contributed by atoms with Crippen LogP contribution < -0.4 is 5.73 Å². The summed E-state index contributed by atoms with van der Waals surface area (Å²) in [5.41, 5.74) is 8.00. The van der Waals surface area contributed by atoms with Crippen molar-refractivity contribution in [2.45, 2.75) is 0 Å². The van der Waals surface area contributed by atoms with Crippen LogP contribution in [0.15, 0.2) is 30.8 Å². The van der Waals surface area contributed by atoms with Crippen LogP contribution in [0.5, 0.6) is 0 Å². The zero-order valence-electron chi connectivity index (χ0n) is 10.7. The summed E-state index contributed by atoms with van der Waals surface area (Å²) in [6.07, 6.45) is 0. The highest BCUT2D eigenvalue weighted by molar-refractivity contribution is 6.08. The van der Waals surface area contributed by atoms with E-state index in [-0.39, 0.29) is 5.91 Å². The van der Waals surface area contributed by atoms with Gasteiger partial charge in [-0.25, -0.2) is 0 Å². The summed E-state index contributed by atoms with van der Waals surface area (Å²) in [6.45, 7) is 6.94. The Morgan fingerprint density at radius 2 is 1.94 bits per heavy atom. The smallest absolute Gasteiger partial charge is 0.258 e. The standard InChI is InChI=1S/C14H19N3O/c1-11-12-5-3-4-6-13(12)14(18)17(11)10-9-16(2)8-7-15/h3-6H,1,7-10,15H2,2H3. The third-order valence-corrected chi connectivity index (χ3v) is 3.26. The Labute approximate surface area is 108 Å². The Morgan fingerprint density at radius 1 is 1.28 bits per heavy atom. The molecule has 2 N–H and O–H groups in total. The monoisotopic (exact) mass is 245 g/mol. The fourth-order valence-electron chi connectivity index (χ4n) is 2.17. The first kappa shape index (κ1) is 12.8. The number of likely N-dealkylation sites (N-methyl/N-ethyl adjacent to an activating group) is 1. The number of amides is 1. The molecule has 0 atom stereocenters. The molecule has 0 spiro atoms. The van der Waals surface area contributed by atoms with E-state index in [1.54, 1.807) is 4.90 Å². The van der Waals surface area contributed by atoms with Gasteiger partial charge in [-0.2, -0.15) is 0 Å². The minimum atomic E-state index is 0.0525. The molecule has 4 nitrogen and oxygen atoms in total. The number of rotatable bonds is 5. The second-order valence-electron chi connectivity index (χ2n) is 4.54. The zero-order valence-corrected chi connectivity index (χ0v) is 10.7. The van der Waals surface area contributed by atoms with Crippen LogP contribution in [0.4, 0.5) is 0 Å². The van der Waals surface area contributed by atoms with Crippen LogP contribution in [0, 0.1) is 0 Å². The number of benzene rings is 1. The predicted octanol–water partition coefficient (Wildman–Crippen LogP) is 1.00. The van der Waals surface area contributed by atoms with Gasteiger partial charge in [-0.3, -0.25) is 4.79 Å². The summed E-state index contributed by atoms with van der Waals surface area (Å²) in [7, 11) is 2.00. The maximum absolute atomic E-state index is 12.2. The van der Waals surface area contributed by atoms with Gasteiger partial charge in [-0.15, -0.1) is 0 Å². The van der Waals surface area contributed by atoms with Gasteiger partial charge in [0.05, 0.1) is 0 Å². The highest BCUT2D eigenvalue weighted by Gasteiger charge is 2.30. The van der Waals surface area contributed by atoms with Crippen molar-refractivity contribution in [3.8, 4) is 0 Å². The molecule has 0 bridgehead atoms. The summed E-state index contributed by atoms with van der Waals surface area (Å²) >= 11 is 0. The Morgan fingerprint density at radius 3 is 2.56 bits per heavy atom. The Kier molecular flexibility index (Phi) is 3.79. The van der Waals surface area contributed by atoms with Crippen molar-refractivity contribution in [2.75, 3.05) is 33.2 Å². The zero-order chi connectivity index (χ0) is 13.1. The van der Waals surface area contributed by atoms with Crippen molar-refractivity contribution in [1.82, 2.24) is 9.80 Å². The molecule has 0 fully saturated rings. The van der Waals surface area contributed by atoms with Crippen LogP contribution >= 0.6 is 0 Å². The lowest BCUT2D eigenvalue weighted by Crippen LogP contribution is -2.35. The molecule has 0 unspecified atom stereocenters. The molecule has 0 aromatic heterocycles. The van der Waals surface area contributed by atoms with Crippen LogP contribution in [0.2, 0.25) is 0 Å². The second-order valence-corrected chi connectivity index (χ2v) is 4.54. The van der Waals surface area contributed by atoms with Crippen molar-refractivity contribution in [1.29, 1.82) is 0 Å². The molecule has 0 radical (unpaired) electrons. The Balaban J connectivity index is 2.05. The highest BCUT2D eigenvalue weighted by atomic mass is 16.2. The van der Waals surface area contributed by atoms with Crippen molar-refractivity contribution in [3.63, 3.8) is 0 Å². The van der Waals surface area contributed by atoms with Gasteiger partial charge in [-0.05, 0) is 13.1 Å². The van der Waals surface area contributed by atoms with E-state index in [9.17, 15) is 4.79 Å².